The van der Waals surface area contributed by atoms with Crippen molar-refractivity contribution in [3.8, 4) is 46.0 Å². The van der Waals surface area contributed by atoms with Crippen molar-refractivity contribution in [2.75, 3.05) is 0 Å². The van der Waals surface area contributed by atoms with Crippen LogP contribution >= 0.6 is 0 Å². The van der Waals surface area contributed by atoms with E-state index in [2.05, 4.69) is 0 Å². The fourth-order valence-electron chi connectivity index (χ4n) is 6.21. The van der Waals surface area contributed by atoms with Crippen LogP contribution in [0.5, 0.6) is 46.0 Å². The standard InChI is InChI=1S/C36H30O13/c1-13(2)5-6-14-18(38)11-19(39)23-26(41)16-8-10-21(29(44)32(16)48-30(14)23)46-34-25-22(47-35(34)36(3,4)45)12-20(40)24-27(42)15-7-9-17(37)28(43)31(15)49-33(24)25/h5,7-12,34-35,37-40,43-45H,6H2,1-4H3/t34-,35+/m1/s1. The van der Waals surface area contributed by atoms with Crippen LogP contribution in [0, 0.1) is 0 Å². The molecule has 0 bridgehead atoms. The number of hydrogen-bond acceptors (Lipinski definition) is 13. The first-order valence-electron chi connectivity index (χ1n) is 15.1. The summed E-state index contributed by atoms with van der Waals surface area (Å²) in [7, 11) is 0. The zero-order valence-electron chi connectivity index (χ0n) is 26.5. The third-order valence-electron chi connectivity index (χ3n) is 8.64. The van der Waals surface area contributed by atoms with Gasteiger partial charge in [-0.2, -0.15) is 0 Å². The molecule has 7 N–H and O–H groups in total. The van der Waals surface area contributed by atoms with Crippen molar-refractivity contribution in [1.82, 2.24) is 0 Å². The highest BCUT2D eigenvalue weighted by molar-refractivity contribution is 5.99. The molecule has 0 spiro atoms. The minimum absolute atomic E-state index is 0.0278. The SMILES string of the molecule is CC(C)=CCc1c(O)cc(O)c2c(=O)c3ccc(O[C@@H]4c5c(cc(O)c6c(=O)c7ccc(O)c(O)c7oc56)O[C@@H]4C(C)(C)O)c(O)c3oc12. The Balaban J connectivity index is 1.47. The predicted octanol–water partition coefficient (Wildman–Crippen LogP) is 5.60. The van der Waals surface area contributed by atoms with Gasteiger partial charge in [-0.05, 0) is 58.4 Å². The Morgan fingerprint density at radius 2 is 1.37 bits per heavy atom. The number of allylic oxidation sites excluding steroid dienone is 2. The number of aromatic hydroxyl groups is 6. The Morgan fingerprint density at radius 3 is 2.02 bits per heavy atom. The van der Waals surface area contributed by atoms with E-state index in [4.69, 9.17) is 18.3 Å². The maximum atomic E-state index is 13.6. The molecule has 3 heterocycles. The molecule has 0 unspecified atom stereocenters. The highest BCUT2D eigenvalue weighted by atomic mass is 16.6. The summed E-state index contributed by atoms with van der Waals surface area (Å²) in [5.41, 5.74) is -3.07. The van der Waals surface area contributed by atoms with Gasteiger partial charge in [0.05, 0.1) is 21.9 Å². The summed E-state index contributed by atoms with van der Waals surface area (Å²) in [4.78, 5) is 27.2. The van der Waals surface area contributed by atoms with Gasteiger partial charge in [-0.1, -0.05) is 11.6 Å². The number of fused-ring (bicyclic) bond motifs is 6. The topological polar surface area (TPSA) is 220 Å². The number of phenolic OH excluding ortho intramolecular Hbond substituents is 6. The quantitative estimate of drug-likeness (QED) is 0.0675. The molecule has 6 aromatic rings. The van der Waals surface area contributed by atoms with Gasteiger partial charge in [-0.15, -0.1) is 0 Å². The summed E-state index contributed by atoms with van der Waals surface area (Å²) in [5.74, 6) is -3.60. The van der Waals surface area contributed by atoms with Crippen LogP contribution in [0.4, 0.5) is 0 Å². The lowest BCUT2D eigenvalue weighted by atomic mass is 9.93. The van der Waals surface area contributed by atoms with Crippen molar-refractivity contribution in [3.05, 3.63) is 79.6 Å². The van der Waals surface area contributed by atoms with E-state index < -0.39 is 57.4 Å². The molecule has 0 amide bonds. The van der Waals surface area contributed by atoms with Crippen molar-refractivity contribution >= 4 is 43.9 Å². The molecule has 49 heavy (non-hydrogen) atoms. The van der Waals surface area contributed by atoms with Crippen LogP contribution < -0.4 is 20.3 Å². The van der Waals surface area contributed by atoms with E-state index in [1.165, 1.54) is 32.0 Å². The zero-order chi connectivity index (χ0) is 35.3. The van der Waals surface area contributed by atoms with Gasteiger partial charge >= 0.3 is 0 Å². The van der Waals surface area contributed by atoms with Crippen LogP contribution in [0.2, 0.25) is 0 Å². The van der Waals surface area contributed by atoms with Crippen molar-refractivity contribution in [2.45, 2.75) is 51.9 Å². The number of ether oxygens (including phenoxy) is 2. The minimum atomic E-state index is -1.65. The van der Waals surface area contributed by atoms with Gasteiger partial charge in [0, 0.05) is 17.7 Å². The molecule has 1 aliphatic rings. The lowest BCUT2D eigenvalue weighted by molar-refractivity contribution is -0.0693. The summed E-state index contributed by atoms with van der Waals surface area (Å²) in [6, 6.07) is 7.09. The molecule has 1 aliphatic heterocycles. The van der Waals surface area contributed by atoms with Crippen LogP contribution in [0.3, 0.4) is 0 Å². The van der Waals surface area contributed by atoms with Crippen LogP contribution in [-0.4, -0.2) is 47.5 Å². The molecular formula is C36H30O13. The lowest BCUT2D eigenvalue weighted by Crippen LogP contribution is -2.43. The molecule has 0 fully saturated rings. The summed E-state index contributed by atoms with van der Waals surface area (Å²) in [6.07, 6.45) is -0.661. The van der Waals surface area contributed by atoms with Gasteiger partial charge in [-0.3, -0.25) is 9.59 Å². The van der Waals surface area contributed by atoms with Crippen LogP contribution in [0.1, 0.15) is 44.9 Å². The first kappa shape index (κ1) is 31.5. The fourth-order valence-corrected chi connectivity index (χ4v) is 6.21. The van der Waals surface area contributed by atoms with Crippen LogP contribution in [0.15, 0.2) is 66.5 Å². The molecule has 0 saturated carbocycles. The Morgan fingerprint density at radius 1 is 0.776 bits per heavy atom. The number of aliphatic hydroxyl groups is 1. The lowest BCUT2D eigenvalue weighted by Gasteiger charge is -2.30. The fraction of sp³-hybridized carbons (Fsp3) is 0.222. The molecule has 7 rings (SSSR count). The molecular weight excluding hydrogens is 640 g/mol. The van der Waals surface area contributed by atoms with Gasteiger partial charge in [0.15, 0.2) is 40.5 Å². The number of hydrogen-bond donors (Lipinski definition) is 7. The van der Waals surface area contributed by atoms with Crippen molar-refractivity contribution < 1.29 is 54.1 Å². The number of rotatable bonds is 5. The average Bonchev–Trinajstić information content (AvgIpc) is 3.39. The first-order chi connectivity index (χ1) is 23.1. The summed E-state index contributed by atoms with van der Waals surface area (Å²) in [5, 5.41) is 74.7. The van der Waals surface area contributed by atoms with Gasteiger partial charge in [0.2, 0.25) is 22.4 Å². The van der Waals surface area contributed by atoms with E-state index in [1.54, 1.807) is 6.08 Å². The normalized spacial score (nSPS) is 15.9. The monoisotopic (exact) mass is 670 g/mol. The molecule has 2 atom stereocenters. The van der Waals surface area contributed by atoms with Crippen molar-refractivity contribution in [3.63, 3.8) is 0 Å². The smallest absolute Gasteiger partial charge is 0.204 e. The molecule has 13 nitrogen and oxygen atoms in total. The van der Waals surface area contributed by atoms with Crippen molar-refractivity contribution in [1.29, 1.82) is 0 Å². The Kier molecular flexibility index (Phi) is 6.89. The maximum absolute atomic E-state index is 13.6. The van der Waals surface area contributed by atoms with Crippen LogP contribution in [0.25, 0.3) is 43.9 Å². The highest BCUT2D eigenvalue weighted by Crippen LogP contribution is 2.51. The average molecular weight is 671 g/mol. The molecule has 0 saturated heterocycles. The van der Waals surface area contributed by atoms with E-state index in [0.29, 0.717) is 0 Å². The first-order valence-corrected chi connectivity index (χ1v) is 15.1. The number of phenols is 6. The molecule has 0 aliphatic carbocycles. The van der Waals surface area contributed by atoms with E-state index in [9.17, 15) is 45.3 Å². The molecule has 13 heteroatoms. The van der Waals surface area contributed by atoms with Crippen LogP contribution in [-0.2, 0) is 6.42 Å². The highest BCUT2D eigenvalue weighted by Gasteiger charge is 2.48. The van der Waals surface area contributed by atoms with E-state index in [-0.39, 0.29) is 78.7 Å². The third-order valence-corrected chi connectivity index (χ3v) is 8.64. The molecule has 4 aromatic carbocycles. The predicted molar refractivity (Wildman–Crippen MR) is 177 cm³/mol. The van der Waals surface area contributed by atoms with Gasteiger partial charge in [-0.25, -0.2) is 0 Å². The molecule has 252 valence electrons. The Labute approximate surface area is 275 Å². The number of benzene rings is 4. The van der Waals surface area contributed by atoms with Gasteiger partial charge in [0.25, 0.3) is 0 Å². The van der Waals surface area contributed by atoms with Gasteiger partial charge in [0.1, 0.15) is 39.4 Å². The van der Waals surface area contributed by atoms with E-state index >= 15 is 0 Å². The van der Waals surface area contributed by atoms with E-state index in [1.807, 2.05) is 13.8 Å². The summed E-state index contributed by atoms with van der Waals surface area (Å²) >= 11 is 0. The minimum Gasteiger partial charge on any atom is -0.507 e. The van der Waals surface area contributed by atoms with E-state index in [0.717, 1.165) is 23.8 Å². The zero-order valence-corrected chi connectivity index (χ0v) is 26.5. The second-order valence-corrected chi connectivity index (χ2v) is 12.8. The third kappa shape index (κ3) is 4.72. The Hall–Kier alpha value is -6.08. The largest absolute Gasteiger partial charge is 0.507 e. The maximum Gasteiger partial charge on any atom is 0.204 e. The van der Waals surface area contributed by atoms with Crippen molar-refractivity contribution in [2.24, 2.45) is 0 Å². The summed E-state index contributed by atoms with van der Waals surface area (Å²) < 4.78 is 24.3. The second kappa shape index (κ2) is 10.7. The Bertz CT molecular complexity index is 2550. The molecule has 0 radical (unpaired) electrons. The second-order valence-electron chi connectivity index (χ2n) is 12.8. The summed E-state index contributed by atoms with van der Waals surface area (Å²) in [6.45, 7) is 6.54. The molecule has 2 aromatic heterocycles. The van der Waals surface area contributed by atoms with Gasteiger partial charge < -0.3 is 54.1 Å².